The minimum absolute atomic E-state index is 0.187. The van der Waals surface area contributed by atoms with Crippen LogP contribution in [0.1, 0.15) is 16.1 Å². The standard InChI is InChI=1S/C13H12ClN3O2/c1-8-3-4-9(11(5-8)19-2)17-13(18)10-6-16-12(14)7-15-10/h3-7H,1-2H3,(H,17,18). The molecule has 2 aromatic rings. The number of anilines is 1. The lowest BCUT2D eigenvalue weighted by Gasteiger charge is -2.10. The van der Waals surface area contributed by atoms with Crippen LogP contribution in [-0.4, -0.2) is 23.0 Å². The van der Waals surface area contributed by atoms with E-state index in [4.69, 9.17) is 16.3 Å². The number of aryl methyl sites for hydroxylation is 1. The van der Waals surface area contributed by atoms with E-state index in [1.807, 2.05) is 19.1 Å². The summed E-state index contributed by atoms with van der Waals surface area (Å²) in [7, 11) is 1.55. The molecule has 1 N–H and O–H groups in total. The second-order valence-electron chi connectivity index (χ2n) is 3.88. The number of nitrogens with zero attached hydrogens (tertiary/aromatic N) is 2. The third-order valence-corrected chi connectivity index (χ3v) is 2.65. The number of rotatable bonds is 3. The maximum atomic E-state index is 12.0. The number of nitrogens with one attached hydrogen (secondary N) is 1. The molecule has 0 fully saturated rings. The molecule has 5 nitrogen and oxygen atoms in total. The van der Waals surface area contributed by atoms with E-state index >= 15 is 0 Å². The first kappa shape index (κ1) is 13.3. The summed E-state index contributed by atoms with van der Waals surface area (Å²) in [5.74, 6) is 0.224. The molecule has 6 heteroatoms. The first-order valence-electron chi connectivity index (χ1n) is 5.53. The van der Waals surface area contributed by atoms with Gasteiger partial charge in [-0.15, -0.1) is 0 Å². The van der Waals surface area contributed by atoms with Crippen LogP contribution >= 0.6 is 11.6 Å². The number of amides is 1. The van der Waals surface area contributed by atoms with Crippen LogP contribution in [0.25, 0.3) is 0 Å². The Labute approximate surface area is 115 Å². The Bertz CT molecular complexity index is 599. The molecule has 0 saturated heterocycles. The molecule has 0 atom stereocenters. The first-order chi connectivity index (χ1) is 9.10. The lowest BCUT2D eigenvalue weighted by molar-refractivity contribution is 0.102. The van der Waals surface area contributed by atoms with Gasteiger partial charge < -0.3 is 10.1 Å². The fraction of sp³-hybridized carbons (Fsp3) is 0.154. The van der Waals surface area contributed by atoms with Crippen molar-refractivity contribution in [2.45, 2.75) is 6.92 Å². The van der Waals surface area contributed by atoms with E-state index in [9.17, 15) is 4.79 Å². The summed E-state index contributed by atoms with van der Waals surface area (Å²) >= 11 is 5.62. The Hall–Kier alpha value is -2.14. The van der Waals surface area contributed by atoms with Crippen LogP contribution in [0.15, 0.2) is 30.6 Å². The van der Waals surface area contributed by atoms with E-state index in [0.29, 0.717) is 11.4 Å². The fourth-order valence-corrected chi connectivity index (χ4v) is 1.62. The second-order valence-corrected chi connectivity index (χ2v) is 4.27. The van der Waals surface area contributed by atoms with Crippen molar-refractivity contribution in [2.24, 2.45) is 0 Å². The number of carbonyl (C=O) groups is 1. The van der Waals surface area contributed by atoms with Gasteiger partial charge in [-0.1, -0.05) is 17.7 Å². The highest BCUT2D eigenvalue weighted by Crippen LogP contribution is 2.25. The summed E-state index contributed by atoms with van der Waals surface area (Å²) in [5, 5.41) is 2.96. The zero-order chi connectivity index (χ0) is 13.8. The zero-order valence-electron chi connectivity index (χ0n) is 10.5. The minimum Gasteiger partial charge on any atom is -0.495 e. The van der Waals surface area contributed by atoms with Gasteiger partial charge >= 0.3 is 0 Å². The molecule has 0 bridgehead atoms. The normalized spacial score (nSPS) is 10.1. The summed E-state index contributed by atoms with van der Waals surface area (Å²) < 4.78 is 5.21. The summed E-state index contributed by atoms with van der Waals surface area (Å²) in [6.45, 7) is 1.94. The molecule has 1 aromatic heterocycles. The van der Waals surface area contributed by atoms with Gasteiger partial charge in [0.1, 0.15) is 16.6 Å². The van der Waals surface area contributed by atoms with Crippen molar-refractivity contribution >= 4 is 23.2 Å². The number of hydrogen-bond donors (Lipinski definition) is 1. The molecule has 1 amide bonds. The number of benzene rings is 1. The Balaban J connectivity index is 2.21. The average Bonchev–Trinajstić information content (AvgIpc) is 2.41. The van der Waals surface area contributed by atoms with E-state index in [0.717, 1.165) is 5.56 Å². The van der Waals surface area contributed by atoms with Gasteiger partial charge in [-0.25, -0.2) is 9.97 Å². The Kier molecular flexibility index (Phi) is 3.97. The SMILES string of the molecule is COc1cc(C)ccc1NC(=O)c1cnc(Cl)cn1. The van der Waals surface area contributed by atoms with E-state index in [2.05, 4.69) is 15.3 Å². The zero-order valence-corrected chi connectivity index (χ0v) is 11.2. The molecular weight excluding hydrogens is 266 g/mol. The first-order valence-corrected chi connectivity index (χ1v) is 5.91. The molecule has 0 spiro atoms. The number of hydrogen-bond acceptors (Lipinski definition) is 4. The molecule has 0 radical (unpaired) electrons. The fourth-order valence-electron chi connectivity index (χ4n) is 1.52. The number of ether oxygens (including phenoxy) is 1. The van der Waals surface area contributed by atoms with Gasteiger partial charge in [0.05, 0.1) is 25.2 Å². The Morgan fingerprint density at radius 3 is 2.74 bits per heavy atom. The lowest BCUT2D eigenvalue weighted by Crippen LogP contribution is -2.14. The van der Waals surface area contributed by atoms with Crippen molar-refractivity contribution in [3.05, 3.63) is 47.0 Å². The largest absolute Gasteiger partial charge is 0.495 e. The second kappa shape index (κ2) is 5.67. The van der Waals surface area contributed by atoms with Gasteiger partial charge in [-0.3, -0.25) is 4.79 Å². The summed E-state index contributed by atoms with van der Waals surface area (Å²) in [6, 6.07) is 5.49. The number of carbonyl (C=O) groups excluding carboxylic acids is 1. The molecule has 98 valence electrons. The predicted octanol–water partition coefficient (Wildman–Crippen LogP) is 2.70. The summed E-state index contributed by atoms with van der Waals surface area (Å²) in [5.41, 5.74) is 1.81. The third kappa shape index (κ3) is 3.20. The maximum absolute atomic E-state index is 12.0. The smallest absolute Gasteiger partial charge is 0.275 e. The minimum atomic E-state index is -0.369. The van der Waals surface area contributed by atoms with Crippen molar-refractivity contribution < 1.29 is 9.53 Å². The Morgan fingerprint density at radius 2 is 2.11 bits per heavy atom. The van der Waals surface area contributed by atoms with Crippen LogP contribution in [0.5, 0.6) is 5.75 Å². The van der Waals surface area contributed by atoms with E-state index < -0.39 is 0 Å². The van der Waals surface area contributed by atoms with E-state index in [-0.39, 0.29) is 16.8 Å². The number of halogens is 1. The Morgan fingerprint density at radius 1 is 1.32 bits per heavy atom. The van der Waals surface area contributed by atoms with Gasteiger partial charge in [-0.05, 0) is 24.6 Å². The molecule has 2 rings (SSSR count). The van der Waals surface area contributed by atoms with Crippen LogP contribution in [0.3, 0.4) is 0 Å². The molecule has 19 heavy (non-hydrogen) atoms. The average molecular weight is 278 g/mol. The third-order valence-electron chi connectivity index (χ3n) is 2.46. The molecule has 0 saturated carbocycles. The monoisotopic (exact) mass is 277 g/mol. The molecule has 1 heterocycles. The van der Waals surface area contributed by atoms with Crippen molar-refractivity contribution in [3.63, 3.8) is 0 Å². The topological polar surface area (TPSA) is 64.1 Å². The highest BCUT2D eigenvalue weighted by Gasteiger charge is 2.11. The van der Waals surface area contributed by atoms with Crippen molar-refractivity contribution in [3.8, 4) is 5.75 Å². The van der Waals surface area contributed by atoms with E-state index in [1.54, 1.807) is 13.2 Å². The van der Waals surface area contributed by atoms with Crippen molar-refractivity contribution in [1.82, 2.24) is 9.97 Å². The molecule has 0 aliphatic rings. The van der Waals surface area contributed by atoms with Crippen LogP contribution in [-0.2, 0) is 0 Å². The van der Waals surface area contributed by atoms with Crippen molar-refractivity contribution in [2.75, 3.05) is 12.4 Å². The number of aromatic nitrogens is 2. The van der Waals surface area contributed by atoms with Gasteiger partial charge in [-0.2, -0.15) is 0 Å². The van der Waals surface area contributed by atoms with Crippen LogP contribution in [0.4, 0.5) is 5.69 Å². The maximum Gasteiger partial charge on any atom is 0.275 e. The predicted molar refractivity (Wildman–Crippen MR) is 72.7 cm³/mol. The molecular formula is C13H12ClN3O2. The van der Waals surface area contributed by atoms with Crippen LogP contribution in [0.2, 0.25) is 5.15 Å². The van der Waals surface area contributed by atoms with Crippen LogP contribution < -0.4 is 10.1 Å². The summed E-state index contributed by atoms with van der Waals surface area (Å²) in [4.78, 5) is 19.7. The van der Waals surface area contributed by atoms with Gasteiger partial charge in [0, 0.05) is 0 Å². The van der Waals surface area contributed by atoms with Crippen LogP contribution in [0, 0.1) is 6.92 Å². The van der Waals surface area contributed by atoms with Crippen molar-refractivity contribution in [1.29, 1.82) is 0 Å². The summed E-state index contributed by atoms with van der Waals surface area (Å²) in [6.07, 6.45) is 2.64. The quantitative estimate of drug-likeness (QED) is 0.937. The lowest BCUT2D eigenvalue weighted by atomic mass is 10.2. The molecule has 0 aliphatic carbocycles. The number of methoxy groups -OCH3 is 1. The van der Waals surface area contributed by atoms with Gasteiger partial charge in [0.2, 0.25) is 0 Å². The van der Waals surface area contributed by atoms with E-state index in [1.165, 1.54) is 12.4 Å². The van der Waals surface area contributed by atoms with Gasteiger partial charge in [0.15, 0.2) is 0 Å². The van der Waals surface area contributed by atoms with Gasteiger partial charge in [0.25, 0.3) is 5.91 Å². The molecule has 0 unspecified atom stereocenters. The molecule has 0 aliphatic heterocycles. The highest BCUT2D eigenvalue weighted by molar-refractivity contribution is 6.29. The molecule has 1 aromatic carbocycles. The highest BCUT2D eigenvalue weighted by atomic mass is 35.5.